The average Bonchev–Trinajstić information content (AvgIpc) is 3.43. The van der Waals surface area contributed by atoms with Crippen molar-refractivity contribution in [1.29, 1.82) is 0 Å². The molecular formula is C22H24ClN5O3. The number of fused-ring (bicyclic) bond motifs is 1. The van der Waals surface area contributed by atoms with Crippen molar-refractivity contribution in [2.24, 2.45) is 0 Å². The highest BCUT2D eigenvalue weighted by Gasteiger charge is 2.26. The van der Waals surface area contributed by atoms with Crippen LogP contribution < -0.4 is 4.90 Å². The Hall–Kier alpha value is -3.36. The van der Waals surface area contributed by atoms with Gasteiger partial charge in [0.05, 0.1) is 11.8 Å². The summed E-state index contributed by atoms with van der Waals surface area (Å²) in [4.78, 5) is 29.4. The van der Waals surface area contributed by atoms with E-state index in [1.54, 1.807) is 12.1 Å². The Balaban J connectivity index is 0.00000136. The largest absolute Gasteiger partial charge is 0.459 e. The maximum absolute atomic E-state index is 12.5. The molecule has 3 N–H and O–H groups in total. The van der Waals surface area contributed by atoms with Gasteiger partial charge in [0.15, 0.2) is 11.6 Å². The highest BCUT2D eigenvalue weighted by Crippen LogP contribution is 2.29. The lowest BCUT2D eigenvalue weighted by atomic mass is 10.2. The van der Waals surface area contributed by atoms with Crippen molar-refractivity contribution >= 4 is 35.2 Å². The summed E-state index contributed by atoms with van der Waals surface area (Å²) in [6, 6.07) is 15.7. The van der Waals surface area contributed by atoms with Gasteiger partial charge in [0.25, 0.3) is 5.91 Å². The van der Waals surface area contributed by atoms with Gasteiger partial charge in [-0.25, -0.2) is 9.97 Å². The third-order valence-corrected chi connectivity index (χ3v) is 5.25. The summed E-state index contributed by atoms with van der Waals surface area (Å²) in [5, 5.41) is 0. The molecule has 1 aliphatic heterocycles. The molecular weight excluding hydrogens is 418 g/mol. The summed E-state index contributed by atoms with van der Waals surface area (Å²) < 4.78 is 5.25. The molecule has 1 amide bonds. The lowest BCUT2D eigenvalue weighted by Gasteiger charge is -2.35. The topological polar surface area (TPSA) is 110 Å². The number of H-pyrrole nitrogens is 1. The molecule has 1 saturated heterocycles. The van der Waals surface area contributed by atoms with Crippen molar-refractivity contribution < 1.29 is 14.7 Å². The second kappa shape index (κ2) is 9.20. The smallest absolute Gasteiger partial charge is 0.289 e. The van der Waals surface area contributed by atoms with Gasteiger partial charge in [-0.15, -0.1) is 12.4 Å². The Kier molecular flexibility index (Phi) is 6.62. The lowest BCUT2D eigenvalue weighted by molar-refractivity contribution is 0.0714. The summed E-state index contributed by atoms with van der Waals surface area (Å²) in [6.07, 6.45) is 1.53. The number of aromatic amines is 1. The Labute approximate surface area is 185 Å². The minimum Gasteiger partial charge on any atom is -0.459 e. The fourth-order valence-corrected chi connectivity index (χ4v) is 3.79. The molecule has 0 bridgehead atoms. The normalized spacial score (nSPS) is 13.6. The number of rotatable bonds is 3. The molecule has 4 heterocycles. The van der Waals surface area contributed by atoms with Gasteiger partial charge in [-0.2, -0.15) is 0 Å². The van der Waals surface area contributed by atoms with Crippen LogP contribution in [-0.4, -0.2) is 57.4 Å². The van der Waals surface area contributed by atoms with Crippen LogP contribution in [-0.2, 0) is 0 Å². The first kappa shape index (κ1) is 22.3. The van der Waals surface area contributed by atoms with Crippen LogP contribution in [0, 0.1) is 6.92 Å². The molecule has 9 heteroatoms. The number of carbonyl (C=O) groups is 1. The summed E-state index contributed by atoms with van der Waals surface area (Å²) in [6.45, 7) is 4.57. The first-order valence-electron chi connectivity index (χ1n) is 9.69. The number of nitrogens with one attached hydrogen (secondary N) is 1. The van der Waals surface area contributed by atoms with Gasteiger partial charge in [-0.05, 0) is 30.7 Å². The highest BCUT2D eigenvalue weighted by molar-refractivity contribution is 5.92. The molecule has 0 aliphatic carbocycles. The zero-order valence-electron chi connectivity index (χ0n) is 17.0. The number of halogens is 1. The van der Waals surface area contributed by atoms with E-state index in [0.29, 0.717) is 31.9 Å². The molecule has 0 radical (unpaired) electrons. The van der Waals surface area contributed by atoms with Crippen molar-refractivity contribution in [2.75, 3.05) is 31.1 Å². The number of amides is 1. The van der Waals surface area contributed by atoms with Crippen molar-refractivity contribution in [3.8, 4) is 11.3 Å². The quantitative estimate of drug-likeness (QED) is 0.525. The predicted octanol–water partition coefficient (Wildman–Crippen LogP) is 3.09. The van der Waals surface area contributed by atoms with Crippen LogP contribution in [0.1, 0.15) is 16.4 Å². The number of aromatic nitrogens is 3. The van der Waals surface area contributed by atoms with Crippen molar-refractivity contribution in [3.63, 3.8) is 0 Å². The van der Waals surface area contributed by atoms with Gasteiger partial charge in [0, 0.05) is 31.9 Å². The fourth-order valence-electron chi connectivity index (χ4n) is 3.79. The maximum atomic E-state index is 12.5. The monoisotopic (exact) mass is 441 g/mol. The van der Waals surface area contributed by atoms with Crippen molar-refractivity contribution in [2.45, 2.75) is 6.92 Å². The van der Waals surface area contributed by atoms with Gasteiger partial charge in [0.2, 0.25) is 0 Å². The minimum absolute atomic E-state index is 0. The van der Waals surface area contributed by atoms with E-state index < -0.39 is 0 Å². The molecule has 0 spiro atoms. The number of carbonyl (C=O) groups excluding carboxylic acids is 1. The van der Waals surface area contributed by atoms with Gasteiger partial charge in [0.1, 0.15) is 11.3 Å². The van der Waals surface area contributed by atoms with Crippen LogP contribution in [0.4, 0.5) is 5.82 Å². The Morgan fingerprint density at radius 3 is 2.45 bits per heavy atom. The maximum Gasteiger partial charge on any atom is 0.289 e. The SMILES string of the molecule is Cc1nc(N2CCN(C(=O)c3ccco3)CC2)c2[nH]c(-c3ccccc3)cc2n1.Cl.O. The molecule has 4 aromatic rings. The van der Waals surface area contributed by atoms with E-state index in [4.69, 9.17) is 9.40 Å². The standard InChI is InChI=1S/C22H21N5O2.ClH.H2O/c1-15-23-18-14-17(16-6-3-2-4-7-16)25-20(18)21(24-15)26-9-11-27(12-10-26)22(28)19-8-5-13-29-19;;/h2-8,13-14,25H,9-12H2,1H3;1H;1H2. The predicted molar refractivity (Wildman–Crippen MR) is 122 cm³/mol. The second-order valence-electron chi connectivity index (χ2n) is 7.16. The number of hydrogen-bond acceptors (Lipinski definition) is 5. The first-order chi connectivity index (χ1) is 14.2. The van der Waals surface area contributed by atoms with Crippen LogP contribution in [0.25, 0.3) is 22.3 Å². The molecule has 1 aromatic carbocycles. The van der Waals surface area contributed by atoms with Gasteiger partial charge >= 0.3 is 0 Å². The van der Waals surface area contributed by atoms with Gasteiger partial charge in [-0.3, -0.25) is 4.79 Å². The van der Waals surface area contributed by atoms with Crippen LogP contribution in [0.2, 0.25) is 0 Å². The number of piperazine rings is 1. The Morgan fingerprint density at radius 2 is 1.77 bits per heavy atom. The lowest BCUT2D eigenvalue weighted by Crippen LogP contribution is -2.49. The summed E-state index contributed by atoms with van der Waals surface area (Å²) in [5.74, 6) is 1.94. The molecule has 3 aromatic heterocycles. The second-order valence-corrected chi connectivity index (χ2v) is 7.16. The summed E-state index contributed by atoms with van der Waals surface area (Å²) in [5.41, 5.74) is 3.97. The number of anilines is 1. The van der Waals surface area contributed by atoms with Crippen molar-refractivity contribution in [3.05, 3.63) is 66.4 Å². The number of benzene rings is 1. The third kappa shape index (κ3) is 4.26. The molecule has 0 saturated carbocycles. The Morgan fingerprint density at radius 1 is 1.03 bits per heavy atom. The minimum atomic E-state index is -0.0649. The van der Waals surface area contributed by atoms with E-state index in [0.717, 1.165) is 33.9 Å². The molecule has 0 atom stereocenters. The number of hydrogen-bond donors (Lipinski definition) is 1. The van der Waals surface area contributed by atoms with E-state index >= 15 is 0 Å². The van der Waals surface area contributed by atoms with E-state index in [1.807, 2.05) is 30.0 Å². The molecule has 5 rings (SSSR count). The van der Waals surface area contributed by atoms with Crippen molar-refractivity contribution in [1.82, 2.24) is 19.9 Å². The zero-order valence-corrected chi connectivity index (χ0v) is 17.9. The third-order valence-electron chi connectivity index (χ3n) is 5.25. The molecule has 162 valence electrons. The number of nitrogens with zero attached hydrogens (tertiary/aromatic N) is 4. The summed E-state index contributed by atoms with van der Waals surface area (Å²) in [7, 11) is 0. The molecule has 1 fully saturated rings. The molecule has 8 nitrogen and oxygen atoms in total. The molecule has 0 unspecified atom stereocenters. The van der Waals surface area contributed by atoms with Crippen LogP contribution in [0.15, 0.2) is 59.2 Å². The van der Waals surface area contributed by atoms with Crippen LogP contribution in [0.3, 0.4) is 0 Å². The average molecular weight is 442 g/mol. The number of furan rings is 1. The fraction of sp³-hybridized carbons (Fsp3) is 0.227. The molecule has 31 heavy (non-hydrogen) atoms. The Bertz CT molecular complexity index is 1150. The number of aryl methyl sites for hydroxylation is 1. The van der Waals surface area contributed by atoms with E-state index in [-0.39, 0.29) is 23.8 Å². The van der Waals surface area contributed by atoms with E-state index in [9.17, 15) is 4.79 Å². The van der Waals surface area contributed by atoms with Crippen LogP contribution >= 0.6 is 12.4 Å². The van der Waals surface area contributed by atoms with Crippen LogP contribution in [0.5, 0.6) is 0 Å². The first-order valence-corrected chi connectivity index (χ1v) is 9.69. The molecule has 1 aliphatic rings. The van der Waals surface area contributed by atoms with Gasteiger partial charge in [-0.1, -0.05) is 30.3 Å². The van der Waals surface area contributed by atoms with Gasteiger partial charge < -0.3 is 24.7 Å². The van der Waals surface area contributed by atoms with E-state index in [1.165, 1.54) is 6.26 Å². The van der Waals surface area contributed by atoms with E-state index in [2.05, 4.69) is 33.1 Å². The summed E-state index contributed by atoms with van der Waals surface area (Å²) >= 11 is 0. The highest BCUT2D eigenvalue weighted by atomic mass is 35.5. The zero-order chi connectivity index (χ0) is 19.8.